The summed E-state index contributed by atoms with van der Waals surface area (Å²) in [5.74, 6) is 0. The van der Waals surface area contributed by atoms with Gasteiger partial charge in [0.1, 0.15) is 0 Å². The molecule has 2 rings (SSSR count). The minimum absolute atomic E-state index is 0.279. The number of thiazole rings is 1. The molecule has 1 aliphatic heterocycles. The number of hydrogen-bond acceptors (Lipinski definition) is 4. The van der Waals surface area contributed by atoms with Gasteiger partial charge in [0.15, 0.2) is 0 Å². The second-order valence-electron chi connectivity index (χ2n) is 8.50. The highest BCUT2D eigenvalue weighted by molar-refractivity contribution is 7.09. The largest absolute Gasteiger partial charge is 0.311 e. The Morgan fingerprint density at radius 3 is 2.38 bits per heavy atom. The molecule has 0 amide bonds. The lowest BCUT2D eigenvalue weighted by Gasteiger charge is -2.49. The van der Waals surface area contributed by atoms with Crippen molar-refractivity contribution in [2.75, 3.05) is 13.1 Å². The number of hydrogen-bond donors (Lipinski definition) is 1. The molecule has 2 heterocycles. The number of nitrogens with zero attached hydrogens (tertiary/aromatic N) is 2. The quantitative estimate of drug-likeness (QED) is 0.903. The van der Waals surface area contributed by atoms with Gasteiger partial charge in [-0.3, -0.25) is 4.90 Å². The van der Waals surface area contributed by atoms with E-state index in [-0.39, 0.29) is 5.41 Å². The van der Waals surface area contributed by atoms with Crippen molar-refractivity contribution < 1.29 is 0 Å². The van der Waals surface area contributed by atoms with E-state index in [0.29, 0.717) is 17.5 Å². The molecule has 0 spiro atoms. The van der Waals surface area contributed by atoms with E-state index in [1.165, 1.54) is 10.7 Å². The van der Waals surface area contributed by atoms with Crippen LogP contribution in [0.15, 0.2) is 5.38 Å². The van der Waals surface area contributed by atoms with Crippen LogP contribution in [0.3, 0.4) is 0 Å². The Labute approximate surface area is 134 Å². The molecule has 1 aromatic heterocycles. The van der Waals surface area contributed by atoms with E-state index in [1.54, 1.807) is 11.3 Å². The first-order valence-corrected chi connectivity index (χ1v) is 8.84. The van der Waals surface area contributed by atoms with E-state index in [0.717, 1.165) is 19.6 Å². The third-order valence-corrected chi connectivity index (χ3v) is 5.31. The van der Waals surface area contributed by atoms with Crippen LogP contribution in [-0.2, 0) is 6.54 Å². The summed E-state index contributed by atoms with van der Waals surface area (Å²) in [7, 11) is 0. The Balaban J connectivity index is 2.16. The highest BCUT2D eigenvalue weighted by Crippen LogP contribution is 2.31. The van der Waals surface area contributed by atoms with Crippen LogP contribution in [0.25, 0.3) is 0 Å². The molecule has 2 unspecified atom stereocenters. The van der Waals surface area contributed by atoms with Gasteiger partial charge in [-0.2, -0.15) is 0 Å². The van der Waals surface area contributed by atoms with Crippen molar-refractivity contribution in [1.82, 2.24) is 15.2 Å². The third kappa shape index (κ3) is 4.27. The molecule has 4 heteroatoms. The zero-order valence-electron chi connectivity index (χ0n) is 14.7. The summed E-state index contributed by atoms with van der Waals surface area (Å²) in [4.78, 5) is 7.30. The molecule has 1 saturated heterocycles. The molecule has 1 aliphatic rings. The first-order chi connectivity index (χ1) is 9.57. The van der Waals surface area contributed by atoms with Gasteiger partial charge in [0.05, 0.1) is 10.7 Å². The van der Waals surface area contributed by atoms with Crippen molar-refractivity contribution >= 4 is 11.3 Å². The fraction of sp³-hybridized carbons (Fsp3) is 0.824. The van der Waals surface area contributed by atoms with Gasteiger partial charge in [-0.25, -0.2) is 4.98 Å². The predicted molar refractivity (Wildman–Crippen MR) is 91.7 cm³/mol. The number of rotatable bonds is 2. The Morgan fingerprint density at radius 2 is 1.90 bits per heavy atom. The summed E-state index contributed by atoms with van der Waals surface area (Å²) in [5.41, 5.74) is 1.79. The Bertz CT molecular complexity index is 467. The highest BCUT2D eigenvalue weighted by Gasteiger charge is 2.39. The molecule has 21 heavy (non-hydrogen) atoms. The van der Waals surface area contributed by atoms with Gasteiger partial charge in [-0.15, -0.1) is 11.3 Å². The van der Waals surface area contributed by atoms with Gasteiger partial charge in [0, 0.05) is 37.1 Å². The normalized spacial score (nSPS) is 25.3. The maximum absolute atomic E-state index is 4.66. The van der Waals surface area contributed by atoms with Gasteiger partial charge in [-0.05, 0) is 17.8 Å². The Hall–Kier alpha value is -0.450. The second kappa shape index (κ2) is 5.98. The fourth-order valence-corrected chi connectivity index (χ4v) is 3.71. The zero-order chi connectivity index (χ0) is 15.8. The molecule has 0 aromatic carbocycles. The molecule has 120 valence electrons. The monoisotopic (exact) mass is 309 g/mol. The third-order valence-electron chi connectivity index (χ3n) is 4.49. The van der Waals surface area contributed by atoms with Gasteiger partial charge in [0.2, 0.25) is 0 Å². The van der Waals surface area contributed by atoms with Crippen molar-refractivity contribution in [3.05, 3.63) is 16.1 Å². The number of nitrogens with one attached hydrogen (secondary N) is 1. The number of aromatic nitrogens is 1. The molecule has 2 atom stereocenters. The van der Waals surface area contributed by atoms with E-state index in [4.69, 9.17) is 0 Å². The van der Waals surface area contributed by atoms with Gasteiger partial charge < -0.3 is 5.32 Å². The standard InChI is InChI=1S/C17H31N3S/c1-12-19-13(11-21-12)9-20-10-14(16(2,3)4)18-8-15(20)17(5,6)7/h11,14-15,18H,8-10H2,1-7H3. The maximum Gasteiger partial charge on any atom is 0.0897 e. The maximum atomic E-state index is 4.66. The van der Waals surface area contributed by atoms with Crippen LogP contribution in [0.4, 0.5) is 0 Å². The minimum Gasteiger partial charge on any atom is -0.311 e. The summed E-state index contributed by atoms with van der Waals surface area (Å²) in [6.07, 6.45) is 0. The van der Waals surface area contributed by atoms with Crippen LogP contribution >= 0.6 is 11.3 Å². The molecule has 0 aliphatic carbocycles. The van der Waals surface area contributed by atoms with Crippen molar-refractivity contribution in [2.45, 2.75) is 67.1 Å². The molecule has 0 radical (unpaired) electrons. The molecule has 0 bridgehead atoms. The molecule has 0 saturated carbocycles. The van der Waals surface area contributed by atoms with Crippen LogP contribution in [0.5, 0.6) is 0 Å². The first kappa shape index (κ1) is 16.9. The molecular weight excluding hydrogens is 278 g/mol. The highest BCUT2D eigenvalue weighted by atomic mass is 32.1. The first-order valence-electron chi connectivity index (χ1n) is 7.96. The smallest absolute Gasteiger partial charge is 0.0897 e. The van der Waals surface area contributed by atoms with Crippen molar-refractivity contribution in [3.8, 4) is 0 Å². The van der Waals surface area contributed by atoms with Crippen LogP contribution in [0.1, 0.15) is 52.2 Å². The van der Waals surface area contributed by atoms with Crippen molar-refractivity contribution in [2.24, 2.45) is 10.8 Å². The van der Waals surface area contributed by atoms with Gasteiger partial charge in [0.25, 0.3) is 0 Å². The summed E-state index contributed by atoms with van der Waals surface area (Å²) in [6, 6.07) is 1.09. The molecule has 1 fully saturated rings. The van der Waals surface area contributed by atoms with Gasteiger partial charge >= 0.3 is 0 Å². The molecule has 3 nitrogen and oxygen atoms in total. The van der Waals surface area contributed by atoms with E-state index in [1.807, 2.05) is 0 Å². The summed E-state index contributed by atoms with van der Waals surface area (Å²) in [6.45, 7) is 19.2. The fourth-order valence-electron chi connectivity index (χ4n) is 3.11. The molecule has 1 N–H and O–H groups in total. The lowest BCUT2D eigenvalue weighted by Crippen LogP contribution is -2.63. The van der Waals surface area contributed by atoms with E-state index in [2.05, 4.69) is 69.0 Å². The topological polar surface area (TPSA) is 28.2 Å². The summed E-state index contributed by atoms with van der Waals surface area (Å²) < 4.78 is 0. The minimum atomic E-state index is 0.279. The molecular formula is C17H31N3S. The average Bonchev–Trinajstić information content (AvgIpc) is 2.72. The predicted octanol–water partition coefficient (Wildman–Crippen LogP) is 3.69. The van der Waals surface area contributed by atoms with Crippen molar-refractivity contribution in [1.29, 1.82) is 0 Å². The average molecular weight is 310 g/mol. The SMILES string of the molecule is Cc1nc(CN2CC(C(C)(C)C)NCC2C(C)(C)C)cs1. The zero-order valence-corrected chi connectivity index (χ0v) is 15.5. The second-order valence-corrected chi connectivity index (χ2v) is 9.56. The van der Waals surface area contributed by atoms with E-state index < -0.39 is 0 Å². The van der Waals surface area contributed by atoms with Crippen LogP contribution < -0.4 is 5.32 Å². The number of piperazine rings is 1. The van der Waals surface area contributed by atoms with E-state index >= 15 is 0 Å². The number of aryl methyl sites for hydroxylation is 1. The Morgan fingerprint density at radius 1 is 1.24 bits per heavy atom. The summed E-state index contributed by atoms with van der Waals surface area (Å²) in [5, 5.41) is 7.16. The van der Waals surface area contributed by atoms with Crippen LogP contribution in [0.2, 0.25) is 0 Å². The Kier molecular flexibility index (Phi) is 4.81. The summed E-state index contributed by atoms with van der Waals surface area (Å²) >= 11 is 1.75. The van der Waals surface area contributed by atoms with Gasteiger partial charge in [-0.1, -0.05) is 41.5 Å². The lowest BCUT2D eigenvalue weighted by molar-refractivity contribution is 0.0241. The molecule has 1 aromatic rings. The van der Waals surface area contributed by atoms with Crippen molar-refractivity contribution in [3.63, 3.8) is 0 Å². The van der Waals surface area contributed by atoms with Crippen LogP contribution in [0, 0.1) is 17.8 Å². The lowest BCUT2D eigenvalue weighted by atomic mass is 9.79. The van der Waals surface area contributed by atoms with Crippen LogP contribution in [-0.4, -0.2) is 35.1 Å². The van der Waals surface area contributed by atoms with E-state index in [9.17, 15) is 0 Å².